The van der Waals surface area contributed by atoms with E-state index in [4.69, 9.17) is 0 Å². The Morgan fingerprint density at radius 3 is 2.83 bits per heavy atom. The predicted molar refractivity (Wildman–Crippen MR) is 84.3 cm³/mol. The van der Waals surface area contributed by atoms with Crippen LogP contribution in [-0.2, 0) is 5.75 Å². The van der Waals surface area contributed by atoms with Gasteiger partial charge in [0.25, 0.3) is 0 Å². The summed E-state index contributed by atoms with van der Waals surface area (Å²) in [5.74, 6) is 2.44. The second-order valence-electron chi connectivity index (χ2n) is 5.00. The molecule has 0 aliphatic rings. The third-order valence-electron chi connectivity index (χ3n) is 3.08. The molecule has 0 saturated heterocycles. The predicted octanol–water partition coefficient (Wildman–Crippen LogP) is 4.40. The zero-order chi connectivity index (χ0) is 13.2. The maximum Gasteiger partial charge on any atom is 0.0184 e. The van der Waals surface area contributed by atoms with E-state index in [-0.39, 0.29) is 0 Å². The van der Waals surface area contributed by atoms with Crippen LogP contribution in [0.1, 0.15) is 44.2 Å². The summed E-state index contributed by atoms with van der Waals surface area (Å²) in [4.78, 5) is 0. The van der Waals surface area contributed by atoms with Gasteiger partial charge in [-0.25, -0.2) is 0 Å². The molecular formula is C16H27NS. The van der Waals surface area contributed by atoms with Crippen molar-refractivity contribution in [2.45, 2.75) is 51.8 Å². The van der Waals surface area contributed by atoms with Crippen LogP contribution >= 0.6 is 11.8 Å². The van der Waals surface area contributed by atoms with Gasteiger partial charge in [0.15, 0.2) is 0 Å². The Morgan fingerprint density at radius 1 is 1.28 bits per heavy atom. The molecule has 1 atom stereocenters. The summed E-state index contributed by atoms with van der Waals surface area (Å²) in [5, 5.41) is 3.46. The van der Waals surface area contributed by atoms with Crippen LogP contribution in [0.2, 0.25) is 0 Å². The highest BCUT2D eigenvalue weighted by Gasteiger charge is 1.99. The van der Waals surface area contributed by atoms with Crippen molar-refractivity contribution in [3.05, 3.63) is 35.4 Å². The Balaban J connectivity index is 2.02. The van der Waals surface area contributed by atoms with Crippen LogP contribution in [0.4, 0.5) is 0 Å². The molecule has 0 fully saturated rings. The Kier molecular flexibility index (Phi) is 8.19. The topological polar surface area (TPSA) is 12.0 Å². The maximum absolute atomic E-state index is 3.46. The van der Waals surface area contributed by atoms with Crippen LogP contribution < -0.4 is 5.32 Å². The average molecular weight is 265 g/mol. The van der Waals surface area contributed by atoms with E-state index < -0.39 is 0 Å². The number of thioether (sulfide) groups is 1. The third kappa shape index (κ3) is 7.07. The first-order valence-electron chi connectivity index (χ1n) is 7.09. The van der Waals surface area contributed by atoms with E-state index in [1.54, 1.807) is 0 Å². The molecule has 0 amide bonds. The van der Waals surface area contributed by atoms with E-state index in [9.17, 15) is 0 Å². The molecule has 1 aromatic rings. The van der Waals surface area contributed by atoms with Crippen molar-refractivity contribution >= 4 is 11.8 Å². The van der Waals surface area contributed by atoms with Crippen molar-refractivity contribution in [2.75, 3.05) is 12.3 Å². The fourth-order valence-corrected chi connectivity index (χ4v) is 3.06. The van der Waals surface area contributed by atoms with Crippen LogP contribution in [0.15, 0.2) is 24.3 Å². The van der Waals surface area contributed by atoms with Crippen molar-refractivity contribution in [1.29, 1.82) is 0 Å². The highest BCUT2D eigenvalue weighted by atomic mass is 32.2. The minimum Gasteiger partial charge on any atom is -0.315 e. The number of hydrogen-bond donors (Lipinski definition) is 1. The van der Waals surface area contributed by atoms with E-state index in [2.05, 4.69) is 62.1 Å². The van der Waals surface area contributed by atoms with E-state index in [1.165, 1.54) is 36.1 Å². The number of rotatable bonds is 9. The first-order chi connectivity index (χ1) is 8.72. The highest BCUT2D eigenvalue weighted by Crippen LogP contribution is 2.15. The number of nitrogens with one attached hydrogen (secondary N) is 1. The number of benzene rings is 1. The van der Waals surface area contributed by atoms with Gasteiger partial charge in [0.1, 0.15) is 0 Å². The average Bonchev–Trinajstić information content (AvgIpc) is 2.34. The molecule has 0 heterocycles. The third-order valence-corrected chi connectivity index (χ3v) is 4.19. The van der Waals surface area contributed by atoms with Gasteiger partial charge in [-0.05, 0) is 44.6 Å². The van der Waals surface area contributed by atoms with Gasteiger partial charge in [0, 0.05) is 11.8 Å². The maximum atomic E-state index is 3.46. The summed E-state index contributed by atoms with van der Waals surface area (Å²) >= 11 is 2.06. The molecule has 0 aliphatic heterocycles. The summed E-state index contributed by atoms with van der Waals surface area (Å²) < 4.78 is 0. The lowest BCUT2D eigenvalue weighted by Crippen LogP contribution is -2.25. The standard InChI is InChI=1S/C16H27NS/c1-4-17-15(3)9-5-6-11-18-13-16-10-7-8-14(2)12-16/h7-8,10,12,15,17H,4-6,9,11,13H2,1-3H3. The molecule has 102 valence electrons. The van der Waals surface area contributed by atoms with E-state index in [1.807, 2.05) is 0 Å². The van der Waals surface area contributed by atoms with Gasteiger partial charge in [-0.1, -0.05) is 43.2 Å². The van der Waals surface area contributed by atoms with Gasteiger partial charge in [0.05, 0.1) is 0 Å². The second-order valence-corrected chi connectivity index (χ2v) is 6.10. The molecule has 1 rings (SSSR count). The molecule has 1 N–H and O–H groups in total. The molecule has 0 saturated carbocycles. The molecule has 1 nitrogen and oxygen atoms in total. The highest BCUT2D eigenvalue weighted by molar-refractivity contribution is 7.98. The van der Waals surface area contributed by atoms with Crippen LogP contribution in [0.5, 0.6) is 0 Å². The van der Waals surface area contributed by atoms with E-state index >= 15 is 0 Å². The second kappa shape index (κ2) is 9.46. The molecule has 0 spiro atoms. The quantitative estimate of drug-likeness (QED) is 0.664. The van der Waals surface area contributed by atoms with Crippen molar-refractivity contribution in [3.63, 3.8) is 0 Å². The Morgan fingerprint density at radius 2 is 2.11 bits per heavy atom. The molecule has 0 radical (unpaired) electrons. The SMILES string of the molecule is CCNC(C)CCCCSCc1cccc(C)c1. The fourth-order valence-electron chi connectivity index (χ4n) is 2.10. The van der Waals surface area contributed by atoms with Crippen molar-refractivity contribution < 1.29 is 0 Å². The van der Waals surface area contributed by atoms with Gasteiger partial charge in [-0.3, -0.25) is 0 Å². The van der Waals surface area contributed by atoms with Crippen LogP contribution in [0.3, 0.4) is 0 Å². The number of hydrogen-bond acceptors (Lipinski definition) is 2. The van der Waals surface area contributed by atoms with Gasteiger partial charge < -0.3 is 5.32 Å². The molecular weight excluding hydrogens is 238 g/mol. The summed E-state index contributed by atoms with van der Waals surface area (Å²) in [5.41, 5.74) is 2.83. The summed E-state index contributed by atoms with van der Waals surface area (Å²) in [7, 11) is 0. The molecule has 0 bridgehead atoms. The Bertz CT molecular complexity index is 325. The molecule has 0 aliphatic carbocycles. The smallest absolute Gasteiger partial charge is 0.0184 e. The zero-order valence-corrected chi connectivity index (χ0v) is 12.9. The molecule has 0 aromatic heterocycles. The van der Waals surface area contributed by atoms with E-state index in [0.29, 0.717) is 6.04 Å². The summed E-state index contributed by atoms with van der Waals surface area (Å²) in [6.45, 7) is 7.71. The zero-order valence-electron chi connectivity index (χ0n) is 12.0. The Labute approximate surface area is 117 Å². The molecule has 1 aromatic carbocycles. The summed E-state index contributed by atoms with van der Waals surface area (Å²) in [6.07, 6.45) is 3.99. The number of aryl methyl sites for hydroxylation is 1. The molecule has 18 heavy (non-hydrogen) atoms. The van der Waals surface area contributed by atoms with Crippen LogP contribution in [-0.4, -0.2) is 18.3 Å². The largest absolute Gasteiger partial charge is 0.315 e. The lowest BCUT2D eigenvalue weighted by Gasteiger charge is -2.11. The van der Waals surface area contributed by atoms with Crippen molar-refractivity contribution in [3.8, 4) is 0 Å². The lowest BCUT2D eigenvalue weighted by atomic mass is 10.1. The minimum atomic E-state index is 0.678. The van der Waals surface area contributed by atoms with Gasteiger partial charge in [0.2, 0.25) is 0 Å². The van der Waals surface area contributed by atoms with Crippen molar-refractivity contribution in [1.82, 2.24) is 5.32 Å². The first kappa shape index (κ1) is 15.6. The van der Waals surface area contributed by atoms with Crippen LogP contribution in [0, 0.1) is 6.92 Å². The summed E-state index contributed by atoms with van der Waals surface area (Å²) in [6, 6.07) is 9.52. The Hall–Kier alpha value is -0.470. The van der Waals surface area contributed by atoms with Crippen molar-refractivity contribution in [2.24, 2.45) is 0 Å². The number of unbranched alkanes of at least 4 members (excludes halogenated alkanes) is 1. The van der Waals surface area contributed by atoms with Gasteiger partial charge in [-0.2, -0.15) is 11.8 Å². The fraction of sp³-hybridized carbons (Fsp3) is 0.625. The molecule has 1 unspecified atom stereocenters. The first-order valence-corrected chi connectivity index (χ1v) is 8.24. The van der Waals surface area contributed by atoms with Crippen LogP contribution in [0.25, 0.3) is 0 Å². The molecule has 2 heteroatoms. The van der Waals surface area contributed by atoms with Gasteiger partial charge >= 0.3 is 0 Å². The lowest BCUT2D eigenvalue weighted by molar-refractivity contribution is 0.510. The van der Waals surface area contributed by atoms with E-state index in [0.717, 1.165) is 12.3 Å². The van der Waals surface area contributed by atoms with Gasteiger partial charge in [-0.15, -0.1) is 0 Å². The minimum absolute atomic E-state index is 0.678. The normalized spacial score (nSPS) is 12.6. The monoisotopic (exact) mass is 265 g/mol.